The van der Waals surface area contributed by atoms with Crippen LogP contribution in [0.25, 0.3) is 0 Å². The fourth-order valence-electron chi connectivity index (χ4n) is 4.64. The van der Waals surface area contributed by atoms with Crippen LogP contribution in [0.2, 0.25) is 5.04 Å². The Morgan fingerprint density at radius 3 is 1.70 bits per heavy atom. The Bertz CT molecular complexity index is 978. The summed E-state index contributed by atoms with van der Waals surface area (Å²) in [7, 11) is -6.37. The third kappa shape index (κ3) is 3.12. The van der Waals surface area contributed by atoms with Crippen molar-refractivity contribution in [3.05, 3.63) is 60.7 Å². The van der Waals surface area contributed by atoms with Crippen molar-refractivity contribution in [2.45, 2.75) is 61.0 Å². The number of sulfone groups is 1. The summed E-state index contributed by atoms with van der Waals surface area (Å²) >= 11 is 0. The highest BCUT2D eigenvalue weighted by Gasteiger charge is 2.68. The lowest BCUT2D eigenvalue weighted by molar-refractivity contribution is -0.108. The topological polar surface area (TPSA) is 60.4 Å². The molecule has 0 aliphatic heterocycles. The zero-order valence-electron chi connectivity index (χ0n) is 17.9. The Morgan fingerprint density at radius 2 is 1.37 bits per heavy atom. The van der Waals surface area contributed by atoms with E-state index in [4.69, 9.17) is 4.43 Å². The van der Waals surface area contributed by atoms with Crippen LogP contribution in [0, 0.1) is 0 Å². The molecule has 6 heteroatoms. The average molecular weight is 443 g/mol. The Morgan fingerprint density at radius 1 is 0.900 bits per heavy atom. The van der Waals surface area contributed by atoms with Crippen molar-refractivity contribution in [3.8, 4) is 0 Å². The van der Waals surface area contributed by atoms with Gasteiger partial charge < -0.3 is 9.22 Å². The molecule has 0 amide bonds. The molecule has 0 heterocycles. The highest BCUT2D eigenvalue weighted by atomic mass is 32.2. The van der Waals surface area contributed by atoms with Crippen molar-refractivity contribution >= 4 is 34.8 Å². The van der Waals surface area contributed by atoms with Crippen molar-refractivity contribution < 1.29 is 17.6 Å². The van der Waals surface area contributed by atoms with E-state index in [2.05, 4.69) is 45.0 Å². The molecule has 0 radical (unpaired) electrons. The van der Waals surface area contributed by atoms with Crippen LogP contribution < -0.4 is 10.4 Å². The van der Waals surface area contributed by atoms with E-state index in [1.165, 1.54) is 0 Å². The van der Waals surface area contributed by atoms with Gasteiger partial charge in [-0.25, -0.2) is 8.42 Å². The summed E-state index contributed by atoms with van der Waals surface area (Å²) in [6.45, 7) is 6.70. The fraction of sp³-hybridized carbons (Fsp3) is 0.458. The van der Waals surface area contributed by atoms with E-state index in [0.717, 1.165) is 10.4 Å². The lowest BCUT2D eigenvalue weighted by Gasteiger charge is -2.44. The molecule has 2 aliphatic rings. The summed E-state index contributed by atoms with van der Waals surface area (Å²) in [4.78, 5) is 11.6. The van der Waals surface area contributed by atoms with Gasteiger partial charge in [-0.1, -0.05) is 81.4 Å². The maximum absolute atomic E-state index is 13.4. The van der Waals surface area contributed by atoms with Gasteiger partial charge in [-0.15, -0.1) is 0 Å². The normalized spacial score (nSPS) is 19.8. The molecule has 2 fully saturated rings. The third-order valence-corrected chi connectivity index (χ3v) is 15.1. The highest BCUT2D eigenvalue weighted by Crippen LogP contribution is 2.56. The summed E-state index contributed by atoms with van der Waals surface area (Å²) in [5, 5.41) is 2.05. The van der Waals surface area contributed by atoms with Crippen molar-refractivity contribution in [1.82, 2.24) is 0 Å². The molecular formula is C24H30O4SSi. The molecular weight excluding hydrogens is 412 g/mol. The Balaban J connectivity index is 1.78. The first-order valence-electron chi connectivity index (χ1n) is 10.6. The van der Waals surface area contributed by atoms with E-state index < -0.39 is 27.6 Å². The molecule has 4 rings (SSSR count). The quantitative estimate of drug-likeness (QED) is 0.465. The molecule has 2 aromatic rings. The first-order valence-corrected chi connectivity index (χ1v) is 14.0. The first kappa shape index (κ1) is 21.5. The molecule has 160 valence electrons. The van der Waals surface area contributed by atoms with Crippen molar-refractivity contribution in [1.29, 1.82) is 0 Å². The first-order chi connectivity index (χ1) is 14.1. The number of carbonyl (C=O) groups excluding carboxylic acids is 1. The number of hydrogen-bond donors (Lipinski definition) is 0. The minimum atomic E-state index is -3.57. The molecule has 0 bridgehead atoms. The van der Waals surface area contributed by atoms with Crippen LogP contribution >= 0.6 is 0 Å². The van der Waals surface area contributed by atoms with Crippen molar-refractivity contribution in [2.24, 2.45) is 0 Å². The van der Waals surface area contributed by atoms with Crippen LogP contribution in [-0.2, 0) is 19.1 Å². The van der Waals surface area contributed by atoms with Gasteiger partial charge in [-0.05, 0) is 41.1 Å². The zero-order chi connectivity index (χ0) is 21.7. The van der Waals surface area contributed by atoms with Gasteiger partial charge in [0.1, 0.15) is 11.0 Å². The van der Waals surface area contributed by atoms with E-state index in [1.54, 1.807) is 0 Å². The lowest BCUT2D eigenvalue weighted by Crippen LogP contribution is -2.67. The highest BCUT2D eigenvalue weighted by molar-refractivity contribution is 7.95. The molecule has 2 saturated carbocycles. The minimum Gasteiger partial charge on any atom is -0.406 e. The van der Waals surface area contributed by atoms with Gasteiger partial charge in [0.25, 0.3) is 8.32 Å². The van der Waals surface area contributed by atoms with E-state index in [9.17, 15) is 13.2 Å². The molecule has 0 saturated heterocycles. The van der Waals surface area contributed by atoms with Gasteiger partial charge in [0.05, 0.1) is 11.4 Å². The molecule has 2 aromatic carbocycles. The largest absolute Gasteiger partial charge is 0.406 e. The molecule has 30 heavy (non-hydrogen) atoms. The maximum Gasteiger partial charge on any atom is 0.261 e. The van der Waals surface area contributed by atoms with E-state index in [0.29, 0.717) is 32.0 Å². The monoisotopic (exact) mass is 442 g/mol. The lowest BCUT2D eigenvalue weighted by atomic mass is 10.2. The number of rotatable bonds is 8. The molecule has 2 aliphatic carbocycles. The second-order valence-electron chi connectivity index (χ2n) is 9.82. The average Bonchev–Trinajstić information content (AvgIpc) is 3.63. The van der Waals surface area contributed by atoms with Gasteiger partial charge in [0.2, 0.25) is 0 Å². The summed E-state index contributed by atoms with van der Waals surface area (Å²) in [6, 6.07) is 20.5. The summed E-state index contributed by atoms with van der Waals surface area (Å²) < 4.78 is 31.6. The Labute approximate surface area is 180 Å². The van der Waals surface area contributed by atoms with Crippen LogP contribution in [0.15, 0.2) is 60.7 Å². The van der Waals surface area contributed by atoms with Crippen LogP contribution in [0.3, 0.4) is 0 Å². The smallest absolute Gasteiger partial charge is 0.261 e. The maximum atomic E-state index is 13.4. The molecule has 0 spiro atoms. The second kappa shape index (κ2) is 7.14. The van der Waals surface area contributed by atoms with E-state index in [-0.39, 0.29) is 11.6 Å². The minimum absolute atomic E-state index is 0.151. The van der Waals surface area contributed by atoms with E-state index >= 15 is 0 Å². The molecule has 0 aromatic heterocycles. The van der Waals surface area contributed by atoms with Crippen molar-refractivity contribution in [2.75, 3.05) is 6.61 Å². The molecule has 0 atom stereocenters. The summed E-state index contributed by atoms with van der Waals surface area (Å²) in [5.41, 5.74) is 0. The van der Waals surface area contributed by atoms with Gasteiger partial charge in [-0.3, -0.25) is 0 Å². The summed E-state index contributed by atoms with van der Waals surface area (Å²) in [6.07, 6.45) is 2.69. The predicted octanol–water partition coefficient (Wildman–Crippen LogP) is 3.24. The second-order valence-corrected chi connectivity index (χ2v) is 16.8. The van der Waals surface area contributed by atoms with Crippen molar-refractivity contribution in [3.63, 3.8) is 0 Å². The van der Waals surface area contributed by atoms with Crippen LogP contribution in [0.1, 0.15) is 46.5 Å². The van der Waals surface area contributed by atoms with Gasteiger partial charge in [0, 0.05) is 0 Å². The fourth-order valence-corrected chi connectivity index (χ4v) is 11.9. The molecule has 0 unspecified atom stereocenters. The summed E-state index contributed by atoms with van der Waals surface area (Å²) in [5.74, 6) is 0. The van der Waals surface area contributed by atoms with Crippen LogP contribution in [0.4, 0.5) is 0 Å². The zero-order valence-corrected chi connectivity index (χ0v) is 19.7. The standard InChI is InChI=1S/C24H30O4SSi/c1-22(2,3)30(20-10-6-4-7-11-20,21-12-8-5-9-13-21)28-19-24(16-17-24)29(26,27)23(18-25)14-15-23/h4-13,18H,14-17,19H2,1-3H3. The van der Waals surface area contributed by atoms with Gasteiger partial charge >= 0.3 is 0 Å². The van der Waals surface area contributed by atoms with Gasteiger partial charge in [-0.2, -0.15) is 0 Å². The number of benzene rings is 2. The Hall–Kier alpha value is -1.76. The van der Waals surface area contributed by atoms with Crippen LogP contribution in [-0.4, -0.2) is 39.1 Å². The third-order valence-electron chi connectivity index (χ3n) is 6.84. The number of aldehydes is 1. The molecule has 0 N–H and O–H groups in total. The Kier molecular flexibility index (Phi) is 5.11. The van der Waals surface area contributed by atoms with Gasteiger partial charge in [0.15, 0.2) is 9.84 Å². The SMILES string of the molecule is CC(C)(C)[Si](OCC1(S(=O)(=O)C2(C=O)CC2)CC1)(c1ccccc1)c1ccccc1. The van der Waals surface area contributed by atoms with E-state index in [1.807, 2.05) is 36.4 Å². The number of hydrogen-bond acceptors (Lipinski definition) is 4. The predicted molar refractivity (Wildman–Crippen MR) is 122 cm³/mol. The molecule has 4 nitrogen and oxygen atoms in total. The van der Waals surface area contributed by atoms with Crippen LogP contribution in [0.5, 0.6) is 0 Å². The number of carbonyl (C=O) groups is 1.